The summed E-state index contributed by atoms with van der Waals surface area (Å²) in [4.78, 5) is 11.1. The van der Waals surface area contributed by atoms with Gasteiger partial charge in [0, 0.05) is 4.47 Å². The summed E-state index contributed by atoms with van der Waals surface area (Å²) in [6.45, 7) is 0. The van der Waals surface area contributed by atoms with Gasteiger partial charge >= 0.3 is 5.97 Å². The van der Waals surface area contributed by atoms with E-state index in [9.17, 15) is 9.18 Å². The van der Waals surface area contributed by atoms with E-state index in [0.717, 1.165) is 16.1 Å². The van der Waals surface area contributed by atoms with Crippen LogP contribution in [0.25, 0.3) is 11.1 Å². The Labute approximate surface area is 106 Å². The minimum atomic E-state index is -1.14. The van der Waals surface area contributed by atoms with Crippen molar-refractivity contribution < 1.29 is 14.3 Å². The predicted octanol–water partition coefficient (Wildman–Crippen LogP) is 3.95. The largest absolute Gasteiger partial charge is 0.478 e. The molecule has 0 amide bonds. The number of hydrogen-bond donors (Lipinski definition) is 1. The van der Waals surface area contributed by atoms with Gasteiger partial charge in [0.2, 0.25) is 0 Å². The molecule has 17 heavy (non-hydrogen) atoms. The Morgan fingerprint density at radius 3 is 2.47 bits per heavy atom. The maximum atomic E-state index is 13.0. The van der Waals surface area contributed by atoms with Crippen LogP contribution in [0.1, 0.15) is 10.4 Å². The maximum absolute atomic E-state index is 13.0. The first-order valence-corrected chi connectivity index (χ1v) is 5.66. The molecule has 0 radical (unpaired) electrons. The van der Waals surface area contributed by atoms with Gasteiger partial charge in [0.25, 0.3) is 0 Å². The van der Waals surface area contributed by atoms with Gasteiger partial charge in [0.1, 0.15) is 5.82 Å². The van der Waals surface area contributed by atoms with Crippen LogP contribution in [-0.2, 0) is 0 Å². The van der Waals surface area contributed by atoms with Crippen LogP contribution in [0, 0.1) is 5.82 Å². The summed E-state index contributed by atoms with van der Waals surface area (Å²) in [7, 11) is 0. The number of carbonyl (C=O) groups is 1. The maximum Gasteiger partial charge on any atom is 0.336 e. The van der Waals surface area contributed by atoms with Gasteiger partial charge in [-0.3, -0.25) is 0 Å². The number of rotatable bonds is 2. The Bertz CT molecular complexity index is 581. The predicted molar refractivity (Wildman–Crippen MR) is 66.5 cm³/mol. The lowest BCUT2D eigenvalue weighted by Crippen LogP contribution is -2.00. The average Bonchev–Trinajstić information content (AvgIpc) is 2.30. The number of halogens is 2. The van der Waals surface area contributed by atoms with E-state index in [2.05, 4.69) is 15.9 Å². The lowest BCUT2D eigenvalue weighted by Gasteiger charge is -2.08. The first-order chi connectivity index (χ1) is 8.09. The van der Waals surface area contributed by atoms with Gasteiger partial charge in [0.05, 0.1) is 5.56 Å². The van der Waals surface area contributed by atoms with Gasteiger partial charge in [-0.15, -0.1) is 0 Å². The first-order valence-electron chi connectivity index (χ1n) is 4.87. The summed E-state index contributed by atoms with van der Waals surface area (Å²) in [6, 6.07) is 11.0. The van der Waals surface area contributed by atoms with E-state index in [4.69, 9.17) is 5.11 Å². The molecular formula is C13H8BrFO2. The molecule has 2 rings (SSSR count). The number of aromatic carboxylic acids is 1. The molecule has 0 saturated heterocycles. The van der Waals surface area contributed by atoms with Crippen LogP contribution in [0.2, 0.25) is 0 Å². The summed E-state index contributed by atoms with van der Waals surface area (Å²) in [5.74, 6) is -1.70. The van der Waals surface area contributed by atoms with E-state index in [1.54, 1.807) is 12.1 Å². The average molecular weight is 295 g/mol. The third-order valence-corrected chi connectivity index (χ3v) is 3.07. The fourth-order valence-electron chi connectivity index (χ4n) is 1.61. The lowest BCUT2D eigenvalue weighted by atomic mass is 10.00. The fraction of sp³-hybridized carbons (Fsp3) is 0. The lowest BCUT2D eigenvalue weighted by molar-refractivity contribution is 0.0697. The SMILES string of the molecule is O=C(O)c1cc(F)ccc1-c1ccccc1Br. The summed E-state index contributed by atoms with van der Waals surface area (Å²) in [5.41, 5.74) is 1.17. The topological polar surface area (TPSA) is 37.3 Å². The van der Waals surface area contributed by atoms with Crippen LogP contribution in [0.4, 0.5) is 4.39 Å². The van der Waals surface area contributed by atoms with Gasteiger partial charge < -0.3 is 5.11 Å². The Morgan fingerprint density at radius 2 is 1.82 bits per heavy atom. The Morgan fingerprint density at radius 1 is 1.12 bits per heavy atom. The van der Waals surface area contributed by atoms with Crippen LogP contribution in [0.5, 0.6) is 0 Å². The molecule has 1 N–H and O–H groups in total. The van der Waals surface area contributed by atoms with Crippen LogP contribution in [0.15, 0.2) is 46.9 Å². The first kappa shape index (κ1) is 11.8. The minimum Gasteiger partial charge on any atom is -0.478 e. The van der Waals surface area contributed by atoms with Gasteiger partial charge in [0.15, 0.2) is 0 Å². The molecule has 4 heteroatoms. The third-order valence-electron chi connectivity index (χ3n) is 2.38. The second-order valence-corrected chi connectivity index (χ2v) is 4.33. The number of carboxylic acids is 1. The van der Waals surface area contributed by atoms with Gasteiger partial charge in [-0.1, -0.05) is 40.2 Å². The smallest absolute Gasteiger partial charge is 0.336 e. The summed E-state index contributed by atoms with van der Waals surface area (Å²) in [5, 5.41) is 9.06. The molecule has 0 aromatic heterocycles. The Kier molecular flexibility index (Phi) is 3.24. The molecule has 0 fully saturated rings. The fourth-order valence-corrected chi connectivity index (χ4v) is 2.11. The summed E-state index contributed by atoms with van der Waals surface area (Å²) in [6.07, 6.45) is 0. The van der Waals surface area contributed by atoms with E-state index in [-0.39, 0.29) is 5.56 Å². The normalized spacial score (nSPS) is 10.2. The third kappa shape index (κ3) is 2.36. The molecule has 0 spiro atoms. The molecule has 0 aliphatic carbocycles. The molecule has 0 aliphatic rings. The molecule has 0 aliphatic heterocycles. The van der Waals surface area contributed by atoms with E-state index < -0.39 is 11.8 Å². The Balaban J connectivity index is 2.68. The monoisotopic (exact) mass is 294 g/mol. The molecule has 2 nitrogen and oxygen atoms in total. The molecule has 2 aromatic carbocycles. The van der Waals surface area contributed by atoms with Crippen molar-refractivity contribution in [3.05, 3.63) is 58.3 Å². The number of benzene rings is 2. The zero-order chi connectivity index (χ0) is 12.4. The molecular weight excluding hydrogens is 287 g/mol. The van der Waals surface area contributed by atoms with Crippen molar-refractivity contribution in [2.45, 2.75) is 0 Å². The van der Waals surface area contributed by atoms with Crippen molar-refractivity contribution >= 4 is 21.9 Å². The molecule has 86 valence electrons. The van der Waals surface area contributed by atoms with Gasteiger partial charge in [-0.25, -0.2) is 9.18 Å². The van der Waals surface area contributed by atoms with Crippen molar-refractivity contribution in [3.8, 4) is 11.1 Å². The molecule has 0 atom stereocenters. The second-order valence-electron chi connectivity index (χ2n) is 3.47. The number of carboxylic acid groups (broad SMARTS) is 1. The summed E-state index contributed by atoms with van der Waals surface area (Å²) >= 11 is 3.35. The van der Waals surface area contributed by atoms with Crippen LogP contribution >= 0.6 is 15.9 Å². The second kappa shape index (κ2) is 4.67. The van der Waals surface area contributed by atoms with E-state index >= 15 is 0 Å². The molecule has 0 saturated carbocycles. The number of hydrogen-bond acceptors (Lipinski definition) is 1. The van der Waals surface area contributed by atoms with Gasteiger partial charge in [-0.2, -0.15) is 0 Å². The van der Waals surface area contributed by atoms with Gasteiger partial charge in [-0.05, 0) is 29.3 Å². The highest BCUT2D eigenvalue weighted by Crippen LogP contribution is 2.30. The zero-order valence-corrected chi connectivity index (χ0v) is 10.2. The highest BCUT2D eigenvalue weighted by atomic mass is 79.9. The van der Waals surface area contributed by atoms with E-state index in [1.807, 2.05) is 12.1 Å². The summed E-state index contributed by atoms with van der Waals surface area (Å²) < 4.78 is 13.8. The molecule has 0 unspecified atom stereocenters. The molecule has 2 aromatic rings. The van der Waals surface area contributed by atoms with Crippen molar-refractivity contribution in [1.82, 2.24) is 0 Å². The zero-order valence-electron chi connectivity index (χ0n) is 8.65. The van der Waals surface area contributed by atoms with E-state index in [0.29, 0.717) is 5.56 Å². The van der Waals surface area contributed by atoms with Crippen molar-refractivity contribution in [3.63, 3.8) is 0 Å². The van der Waals surface area contributed by atoms with Crippen molar-refractivity contribution in [1.29, 1.82) is 0 Å². The highest BCUT2D eigenvalue weighted by Gasteiger charge is 2.14. The van der Waals surface area contributed by atoms with Crippen molar-refractivity contribution in [2.75, 3.05) is 0 Å². The van der Waals surface area contributed by atoms with E-state index in [1.165, 1.54) is 12.1 Å². The highest BCUT2D eigenvalue weighted by molar-refractivity contribution is 9.10. The van der Waals surface area contributed by atoms with Crippen molar-refractivity contribution in [2.24, 2.45) is 0 Å². The molecule has 0 heterocycles. The minimum absolute atomic E-state index is 0.0445. The standard InChI is InChI=1S/C13H8BrFO2/c14-12-4-2-1-3-10(12)9-6-5-8(15)7-11(9)13(16)17/h1-7H,(H,16,17). The van der Waals surface area contributed by atoms with Crippen LogP contribution < -0.4 is 0 Å². The molecule has 0 bridgehead atoms. The quantitative estimate of drug-likeness (QED) is 0.910. The van der Waals surface area contributed by atoms with Crippen LogP contribution in [-0.4, -0.2) is 11.1 Å². The van der Waals surface area contributed by atoms with Crippen LogP contribution in [0.3, 0.4) is 0 Å². The Hall–Kier alpha value is -1.68.